The van der Waals surface area contributed by atoms with Gasteiger partial charge >= 0.3 is 0 Å². The normalized spacial score (nSPS) is 13.7. The maximum Gasteiger partial charge on any atom is 0.259 e. The molecule has 0 aromatic carbocycles. The van der Waals surface area contributed by atoms with Crippen LogP contribution in [0.4, 0.5) is 5.95 Å². The molecule has 0 amide bonds. The Morgan fingerprint density at radius 3 is 2.86 bits per heavy atom. The van der Waals surface area contributed by atoms with Gasteiger partial charge in [0, 0.05) is 11.8 Å². The number of aryl methyl sites for hydroxylation is 1. The third-order valence-corrected chi connectivity index (χ3v) is 2.42. The van der Waals surface area contributed by atoms with Crippen molar-refractivity contribution in [3.63, 3.8) is 0 Å². The highest BCUT2D eigenvalue weighted by Crippen LogP contribution is 2.18. The van der Waals surface area contributed by atoms with E-state index in [1.165, 1.54) is 0 Å². The van der Waals surface area contributed by atoms with E-state index in [1.807, 2.05) is 20.8 Å². The van der Waals surface area contributed by atoms with Gasteiger partial charge in [-0.25, -0.2) is 9.98 Å². The molecule has 0 bridgehead atoms. The van der Waals surface area contributed by atoms with Crippen molar-refractivity contribution in [3.05, 3.63) is 21.6 Å². The second-order valence-corrected chi connectivity index (χ2v) is 3.79. The van der Waals surface area contributed by atoms with Crippen LogP contribution in [0.25, 0.3) is 0 Å². The van der Waals surface area contributed by atoms with Gasteiger partial charge in [-0.15, -0.1) is 0 Å². The Hall–Kier alpha value is -1.45. The minimum atomic E-state index is 0.0556. The van der Waals surface area contributed by atoms with Crippen LogP contribution in [0.2, 0.25) is 0 Å². The molecular formula is C10H13N3O. The van der Waals surface area contributed by atoms with Crippen LogP contribution in [-0.4, -0.2) is 15.8 Å². The fraction of sp³-hybridized carbons (Fsp3) is 0.500. The van der Waals surface area contributed by atoms with Crippen LogP contribution in [0.1, 0.15) is 31.0 Å². The highest BCUT2D eigenvalue weighted by Gasteiger charge is 2.17. The quantitative estimate of drug-likeness (QED) is 0.673. The van der Waals surface area contributed by atoms with Crippen molar-refractivity contribution in [3.8, 4) is 0 Å². The summed E-state index contributed by atoms with van der Waals surface area (Å²) in [6.07, 6.45) is 1.72. The van der Waals surface area contributed by atoms with E-state index in [4.69, 9.17) is 0 Å². The van der Waals surface area contributed by atoms with E-state index in [9.17, 15) is 4.79 Å². The maximum absolute atomic E-state index is 12.0. The molecule has 74 valence electrons. The summed E-state index contributed by atoms with van der Waals surface area (Å²) in [5.74, 6) is 0.755. The van der Waals surface area contributed by atoms with Crippen molar-refractivity contribution in [2.75, 3.05) is 0 Å². The molecule has 0 fully saturated rings. The lowest BCUT2D eigenvalue weighted by Crippen LogP contribution is -2.25. The molecule has 1 aromatic heterocycles. The number of hydrogen-bond acceptors (Lipinski definition) is 3. The SMILES string of the molecule is Cc1nc2n(c(=O)c1C(C)C)CC=N2. The van der Waals surface area contributed by atoms with Crippen LogP contribution in [0.5, 0.6) is 0 Å². The summed E-state index contributed by atoms with van der Waals surface area (Å²) in [7, 11) is 0. The molecule has 0 saturated heterocycles. The molecule has 4 nitrogen and oxygen atoms in total. The molecule has 0 aliphatic carbocycles. The Kier molecular flexibility index (Phi) is 1.98. The Labute approximate surface area is 82.3 Å². The molecule has 0 N–H and O–H groups in total. The first kappa shape index (κ1) is 9.12. The zero-order valence-corrected chi connectivity index (χ0v) is 8.61. The predicted molar refractivity (Wildman–Crippen MR) is 55.5 cm³/mol. The van der Waals surface area contributed by atoms with Gasteiger partial charge in [0.1, 0.15) is 0 Å². The number of fused-ring (bicyclic) bond motifs is 1. The number of aromatic nitrogens is 2. The van der Waals surface area contributed by atoms with Gasteiger partial charge in [0.25, 0.3) is 5.56 Å². The lowest BCUT2D eigenvalue weighted by Gasteiger charge is -2.10. The molecule has 0 radical (unpaired) electrons. The van der Waals surface area contributed by atoms with Gasteiger partial charge in [-0.05, 0) is 12.8 Å². The van der Waals surface area contributed by atoms with Gasteiger partial charge in [-0.1, -0.05) is 13.8 Å². The van der Waals surface area contributed by atoms with Crippen LogP contribution < -0.4 is 5.56 Å². The second kappa shape index (κ2) is 3.04. The van der Waals surface area contributed by atoms with Crippen molar-refractivity contribution in [2.24, 2.45) is 4.99 Å². The average molecular weight is 191 g/mol. The number of aliphatic imine (C=N–C) groups is 1. The van der Waals surface area contributed by atoms with Crippen molar-refractivity contribution >= 4 is 12.2 Å². The van der Waals surface area contributed by atoms with Crippen molar-refractivity contribution in [1.82, 2.24) is 9.55 Å². The number of hydrogen-bond donors (Lipinski definition) is 0. The molecule has 0 saturated carbocycles. The van der Waals surface area contributed by atoms with Crippen LogP contribution in [0.3, 0.4) is 0 Å². The van der Waals surface area contributed by atoms with Gasteiger partial charge in [0.05, 0.1) is 12.2 Å². The summed E-state index contributed by atoms with van der Waals surface area (Å²) >= 11 is 0. The van der Waals surface area contributed by atoms with Gasteiger partial charge in [-0.2, -0.15) is 0 Å². The van der Waals surface area contributed by atoms with Crippen LogP contribution in [0, 0.1) is 6.92 Å². The monoisotopic (exact) mass is 191 g/mol. The Morgan fingerprint density at radius 1 is 1.50 bits per heavy atom. The minimum absolute atomic E-state index is 0.0556. The van der Waals surface area contributed by atoms with Crippen LogP contribution >= 0.6 is 0 Å². The fourth-order valence-corrected chi connectivity index (χ4v) is 1.79. The Morgan fingerprint density at radius 2 is 2.21 bits per heavy atom. The molecule has 14 heavy (non-hydrogen) atoms. The van der Waals surface area contributed by atoms with E-state index < -0.39 is 0 Å². The highest BCUT2D eigenvalue weighted by atomic mass is 16.1. The number of rotatable bonds is 1. The van der Waals surface area contributed by atoms with E-state index in [0.717, 1.165) is 11.3 Å². The first-order valence-corrected chi connectivity index (χ1v) is 4.75. The van der Waals surface area contributed by atoms with Crippen LogP contribution in [0.15, 0.2) is 9.79 Å². The topological polar surface area (TPSA) is 47.2 Å². The van der Waals surface area contributed by atoms with Crippen molar-refractivity contribution in [2.45, 2.75) is 33.2 Å². The second-order valence-electron chi connectivity index (χ2n) is 3.79. The molecule has 1 aliphatic rings. The van der Waals surface area contributed by atoms with Gasteiger partial charge in [0.15, 0.2) is 0 Å². The molecule has 2 heterocycles. The summed E-state index contributed by atoms with van der Waals surface area (Å²) in [5, 5.41) is 0. The lowest BCUT2D eigenvalue weighted by atomic mass is 10.0. The first-order chi connectivity index (χ1) is 6.61. The summed E-state index contributed by atoms with van der Waals surface area (Å²) < 4.78 is 1.61. The summed E-state index contributed by atoms with van der Waals surface area (Å²) in [4.78, 5) is 20.3. The lowest BCUT2D eigenvalue weighted by molar-refractivity contribution is 0.741. The highest BCUT2D eigenvalue weighted by molar-refractivity contribution is 5.65. The van der Waals surface area contributed by atoms with E-state index in [0.29, 0.717) is 12.5 Å². The van der Waals surface area contributed by atoms with E-state index in [2.05, 4.69) is 9.98 Å². The summed E-state index contributed by atoms with van der Waals surface area (Å²) in [6, 6.07) is 0. The fourth-order valence-electron chi connectivity index (χ4n) is 1.79. The van der Waals surface area contributed by atoms with E-state index in [1.54, 1.807) is 10.8 Å². The molecule has 4 heteroatoms. The van der Waals surface area contributed by atoms with Gasteiger partial charge in [-0.3, -0.25) is 9.36 Å². The van der Waals surface area contributed by atoms with E-state index >= 15 is 0 Å². The summed E-state index contributed by atoms with van der Waals surface area (Å²) in [6.45, 7) is 6.44. The van der Waals surface area contributed by atoms with Crippen molar-refractivity contribution in [1.29, 1.82) is 0 Å². The smallest absolute Gasteiger partial charge is 0.259 e. The molecule has 0 unspecified atom stereocenters. The van der Waals surface area contributed by atoms with Gasteiger partial charge < -0.3 is 0 Å². The van der Waals surface area contributed by atoms with Crippen LogP contribution in [-0.2, 0) is 6.54 Å². The summed E-state index contributed by atoms with van der Waals surface area (Å²) in [5.41, 5.74) is 1.66. The van der Waals surface area contributed by atoms with Crippen molar-refractivity contribution < 1.29 is 0 Å². The van der Waals surface area contributed by atoms with E-state index in [-0.39, 0.29) is 11.5 Å². The predicted octanol–water partition coefficient (Wildman–Crippen LogP) is 1.39. The third-order valence-electron chi connectivity index (χ3n) is 2.42. The Bertz CT molecular complexity index is 457. The minimum Gasteiger partial charge on any atom is -0.271 e. The molecule has 2 rings (SSSR count). The molecule has 1 aliphatic heterocycles. The molecule has 1 aromatic rings. The molecule has 0 atom stereocenters. The third kappa shape index (κ3) is 1.18. The first-order valence-electron chi connectivity index (χ1n) is 4.75. The zero-order chi connectivity index (χ0) is 10.3. The molecular weight excluding hydrogens is 178 g/mol. The zero-order valence-electron chi connectivity index (χ0n) is 8.61. The number of nitrogens with zero attached hydrogens (tertiary/aromatic N) is 3. The molecule has 0 spiro atoms. The van der Waals surface area contributed by atoms with Gasteiger partial charge in [0.2, 0.25) is 5.95 Å². The average Bonchev–Trinajstić information content (AvgIpc) is 2.50. The largest absolute Gasteiger partial charge is 0.271 e. The standard InChI is InChI=1S/C10H13N3O/c1-6(2)8-7(3)12-10-11-4-5-13(10)9(8)14/h4,6H,5H2,1-3H3. The maximum atomic E-state index is 12.0. The Balaban J connectivity index is 2.72.